The molecule has 2 aromatic rings. The van der Waals surface area contributed by atoms with Crippen molar-refractivity contribution < 1.29 is 14.0 Å². The van der Waals surface area contributed by atoms with E-state index in [1.54, 1.807) is 28.0 Å². The number of hydrogen-bond donors (Lipinski definition) is 2. The number of para-hydroxylation sites is 1. The molecule has 218 valence electrons. The summed E-state index contributed by atoms with van der Waals surface area (Å²) < 4.78 is 15.1. The van der Waals surface area contributed by atoms with Crippen LogP contribution in [-0.4, -0.2) is 73.1 Å². The Labute approximate surface area is 246 Å². The molecule has 4 rings (SSSR count). The van der Waals surface area contributed by atoms with Gasteiger partial charge in [-0.25, -0.2) is 4.39 Å². The molecule has 2 fully saturated rings. The minimum Gasteiger partial charge on any atom is -0.365 e. The fourth-order valence-corrected chi connectivity index (χ4v) is 6.08. The standard InChI is InChI=1S/C30H40Cl2FN5O2/c1-20(19-35-21(2)34)8-9-22-5-3-6-26(33)29(22)36-13-15-37(16-14-36)30(40)27(38-12-4-7-28(38)39)17-23-10-11-24(31)18-25(23)32/h3,5-6,10-11,18,20-21,27,35H,4,7-9,12-17,19,34H2,1-2H3. The van der Waals surface area contributed by atoms with E-state index in [4.69, 9.17) is 28.9 Å². The average molecular weight is 593 g/mol. The number of nitrogens with zero attached hydrogens (tertiary/aromatic N) is 3. The normalized spacial score (nSPS) is 18.2. The molecule has 2 aliphatic rings. The van der Waals surface area contributed by atoms with Gasteiger partial charge in [-0.2, -0.15) is 0 Å². The summed E-state index contributed by atoms with van der Waals surface area (Å²) in [4.78, 5) is 32.0. The monoisotopic (exact) mass is 591 g/mol. The van der Waals surface area contributed by atoms with Gasteiger partial charge in [0.25, 0.3) is 0 Å². The highest BCUT2D eigenvalue weighted by Crippen LogP contribution is 2.29. The fraction of sp³-hybridized carbons (Fsp3) is 0.533. The molecule has 40 heavy (non-hydrogen) atoms. The molecule has 0 radical (unpaired) electrons. The first kappa shape index (κ1) is 30.6. The van der Waals surface area contributed by atoms with Crippen LogP contribution in [0.25, 0.3) is 0 Å². The van der Waals surface area contributed by atoms with Gasteiger partial charge in [-0.15, -0.1) is 0 Å². The number of anilines is 1. The van der Waals surface area contributed by atoms with Gasteiger partial charge in [0, 0.05) is 55.6 Å². The molecule has 0 spiro atoms. The first-order valence-electron chi connectivity index (χ1n) is 14.2. The summed E-state index contributed by atoms with van der Waals surface area (Å²) in [6.45, 7) is 7.38. The zero-order chi connectivity index (χ0) is 28.8. The van der Waals surface area contributed by atoms with Crippen molar-refractivity contribution in [3.05, 3.63) is 63.4 Å². The van der Waals surface area contributed by atoms with Gasteiger partial charge in [0.2, 0.25) is 11.8 Å². The van der Waals surface area contributed by atoms with E-state index in [9.17, 15) is 9.59 Å². The molecule has 2 amide bonds. The van der Waals surface area contributed by atoms with Gasteiger partial charge in [-0.3, -0.25) is 9.59 Å². The van der Waals surface area contributed by atoms with Gasteiger partial charge in [-0.1, -0.05) is 48.3 Å². The summed E-state index contributed by atoms with van der Waals surface area (Å²) in [6, 6.07) is 9.85. The van der Waals surface area contributed by atoms with E-state index in [2.05, 4.69) is 12.2 Å². The predicted molar refractivity (Wildman–Crippen MR) is 159 cm³/mol. The molecule has 3 N–H and O–H groups in total. The van der Waals surface area contributed by atoms with Gasteiger partial charge < -0.3 is 25.8 Å². The SMILES string of the molecule is CC(CCc1cccc(F)c1N1CCN(C(=O)C(Cc2ccc(Cl)cc2Cl)N2CCCC2=O)CC1)CNC(C)N. The maximum absolute atomic E-state index is 15.1. The van der Waals surface area contributed by atoms with E-state index >= 15 is 4.39 Å². The molecular formula is C30H40Cl2FN5O2. The number of piperazine rings is 1. The van der Waals surface area contributed by atoms with Crippen molar-refractivity contribution >= 4 is 40.7 Å². The highest BCUT2D eigenvalue weighted by atomic mass is 35.5. The molecule has 2 heterocycles. The maximum Gasteiger partial charge on any atom is 0.245 e. The number of nitrogens with two attached hydrogens (primary N) is 1. The third-order valence-electron chi connectivity index (χ3n) is 7.87. The molecule has 0 aromatic heterocycles. The van der Waals surface area contributed by atoms with E-state index in [1.807, 2.05) is 24.0 Å². The summed E-state index contributed by atoms with van der Waals surface area (Å²) in [6.07, 6.45) is 3.12. The minimum atomic E-state index is -0.629. The van der Waals surface area contributed by atoms with Gasteiger partial charge in [-0.05, 0) is 68.0 Å². The van der Waals surface area contributed by atoms with Crippen molar-refractivity contribution in [3.63, 3.8) is 0 Å². The summed E-state index contributed by atoms with van der Waals surface area (Å²) in [7, 11) is 0. The summed E-state index contributed by atoms with van der Waals surface area (Å²) in [5.74, 6) is 0.0565. The van der Waals surface area contributed by atoms with Crippen molar-refractivity contribution in [2.45, 2.75) is 58.2 Å². The zero-order valence-corrected chi connectivity index (χ0v) is 24.9. The lowest BCUT2D eigenvalue weighted by atomic mass is 9.98. The van der Waals surface area contributed by atoms with Crippen LogP contribution in [0.1, 0.15) is 44.2 Å². The number of halogens is 3. The molecule has 10 heteroatoms. The lowest BCUT2D eigenvalue weighted by molar-refractivity contribution is -0.143. The number of carbonyl (C=O) groups excluding carboxylic acids is 2. The van der Waals surface area contributed by atoms with E-state index in [1.165, 1.54) is 6.07 Å². The number of amides is 2. The largest absolute Gasteiger partial charge is 0.365 e. The second-order valence-electron chi connectivity index (χ2n) is 11.0. The minimum absolute atomic E-state index is 0.0107. The lowest BCUT2D eigenvalue weighted by Crippen LogP contribution is -2.56. The topological polar surface area (TPSA) is 81.9 Å². The van der Waals surface area contributed by atoms with Crippen LogP contribution in [0.2, 0.25) is 10.0 Å². The summed E-state index contributed by atoms with van der Waals surface area (Å²) in [5.41, 5.74) is 8.19. The van der Waals surface area contributed by atoms with E-state index in [-0.39, 0.29) is 23.8 Å². The summed E-state index contributed by atoms with van der Waals surface area (Å²) >= 11 is 12.5. The molecule has 2 saturated heterocycles. The molecule has 7 nitrogen and oxygen atoms in total. The third-order valence-corrected chi connectivity index (χ3v) is 8.46. The Balaban J connectivity index is 1.44. The molecule has 0 saturated carbocycles. The van der Waals surface area contributed by atoms with E-state index in [0.717, 1.165) is 36.9 Å². The number of likely N-dealkylation sites (tertiary alicyclic amines) is 1. The van der Waals surface area contributed by atoms with Crippen molar-refractivity contribution in [1.82, 2.24) is 15.1 Å². The van der Waals surface area contributed by atoms with E-state index in [0.29, 0.717) is 67.2 Å². The van der Waals surface area contributed by atoms with Crippen molar-refractivity contribution in [1.29, 1.82) is 0 Å². The van der Waals surface area contributed by atoms with Crippen molar-refractivity contribution in [2.24, 2.45) is 11.7 Å². The van der Waals surface area contributed by atoms with Gasteiger partial charge >= 0.3 is 0 Å². The van der Waals surface area contributed by atoms with Crippen LogP contribution in [0.3, 0.4) is 0 Å². The zero-order valence-electron chi connectivity index (χ0n) is 23.3. The van der Waals surface area contributed by atoms with Crippen LogP contribution in [0.5, 0.6) is 0 Å². The van der Waals surface area contributed by atoms with Crippen LogP contribution < -0.4 is 16.0 Å². The Morgan fingerprint density at radius 3 is 2.48 bits per heavy atom. The van der Waals surface area contributed by atoms with Crippen molar-refractivity contribution in [2.75, 3.05) is 44.2 Å². The second-order valence-corrected chi connectivity index (χ2v) is 11.9. The van der Waals surface area contributed by atoms with Crippen LogP contribution in [0.15, 0.2) is 36.4 Å². The number of rotatable bonds is 11. The second kappa shape index (κ2) is 14.0. The number of nitrogens with one attached hydrogen (secondary N) is 1. The van der Waals surface area contributed by atoms with Crippen LogP contribution in [-0.2, 0) is 22.4 Å². The number of carbonyl (C=O) groups is 2. The van der Waals surface area contributed by atoms with Gasteiger partial charge in [0.15, 0.2) is 0 Å². The highest BCUT2D eigenvalue weighted by Gasteiger charge is 2.37. The number of benzene rings is 2. The highest BCUT2D eigenvalue weighted by molar-refractivity contribution is 6.35. The van der Waals surface area contributed by atoms with Crippen LogP contribution >= 0.6 is 23.2 Å². The Bertz CT molecular complexity index is 1190. The third kappa shape index (κ3) is 7.66. The fourth-order valence-electron chi connectivity index (χ4n) is 5.59. The molecule has 0 aliphatic carbocycles. The lowest BCUT2D eigenvalue weighted by Gasteiger charge is -2.40. The molecule has 2 aromatic carbocycles. The summed E-state index contributed by atoms with van der Waals surface area (Å²) in [5, 5.41) is 4.26. The molecule has 2 aliphatic heterocycles. The number of aryl methyl sites for hydroxylation is 1. The molecular weight excluding hydrogens is 552 g/mol. The van der Waals surface area contributed by atoms with Crippen LogP contribution in [0.4, 0.5) is 10.1 Å². The first-order chi connectivity index (χ1) is 19.1. The predicted octanol–water partition coefficient (Wildman–Crippen LogP) is 4.48. The quantitative estimate of drug-likeness (QED) is 0.377. The Morgan fingerprint density at radius 2 is 1.82 bits per heavy atom. The smallest absolute Gasteiger partial charge is 0.245 e. The molecule has 3 unspecified atom stereocenters. The Morgan fingerprint density at radius 1 is 1.07 bits per heavy atom. The Hall–Kier alpha value is -2.39. The van der Waals surface area contributed by atoms with Crippen molar-refractivity contribution in [3.8, 4) is 0 Å². The molecule has 0 bridgehead atoms. The van der Waals surface area contributed by atoms with E-state index < -0.39 is 6.04 Å². The van der Waals surface area contributed by atoms with Crippen LogP contribution in [0, 0.1) is 11.7 Å². The number of hydrogen-bond acceptors (Lipinski definition) is 5. The first-order valence-corrected chi connectivity index (χ1v) is 14.9. The average Bonchev–Trinajstić information content (AvgIpc) is 3.35. The maximum atomic E-state index is 15.1. The van der Waals surface area contributed by atoms with Gasteiger partial charge in [0.1, 0.15) is 11.9 Å². The van der Waals surface area contributed by atoms with Gasteiger partial charge in [0.05, 0.1) is 11.9 Å². The Kier molecular flexibility index (Phi) is 10.7. The molecule has 3 atom stereocenters.